The Morgan fingerprint density at radius 3 is 2.55 bits per heavy atom. The van der Waals surface area contributed by atoms with Crippen LogP contribution in [0, 0.1) is 12.7 Å². The van der Waals surface area contributed by atoms with E-state index in [4.69, 9.17) is 39.5 Å². The Balaban J connectivity index is 1.45. The number of ether oxygens (including phenoxy) is 1. The van der Waals surface area contributed by atoms with Crippen molar-refractivity contribution in [2.45, 2.75) is 12.8 Å². The van der Waals surface area contributed by atoms with Crippen molar-refractivity contribution in [3.63, 3.8) is 0 Å². The second-order valence-corrected chi connectivity index (χ2v) is 9.69. The van der Waals surface area contributed by atoms with Gasteiger partial charge < -0.3 is 15.0 Å². The van der Waals surface area contributed by atoms with Crippen LogP contribution in [0.4, 0.5) is 4.39 Å². The number of methoxy groups -OCH3 is 1. The van der Waals surface area contributed by atoms with E-state index in [1.165, 1.54) is 30.3 Å². The molecular formula is C26H20Cl3FN6O2. The molecule has 12 heteroatoms. The molecule has 5 aromatic rings. The minimum Gasteiger partial charge on any atom is -0.495 e. The van der Waals surface area contributed by atoms with Crippen molar-refractivity contribution < 1.29 is 13.9 Å². The van der Waals surface area contributed by atoms with Crippen molar-refractivity contribution in [1.29, 1.82) is 0 Å². The summed E-state index contributed by atoms with van der Waals surface area (Å²) >= 11 is 19.2. The summed E-state index contributed by atoms with van der Waals surface area (Å²) in [6, 6.07) is 12.7. The van der Waals surface area contributed by atoms with Gasteiger partial charge in [-0.2, -0.15) is 5.10 Å². The second-order valence-electron chi connectivity index (χ2n) is 8.46. The molecule has 194 valence electrons. The van der Waals surface area contributed by atoms with Crippen LogP contribution < -0.4 is 10.1 Å². The summed E-state index contributed by atoms with van der Waals surface area (Å²) in [5.41, 5.74) is 2.55. The quantitative estimate of drug-likeness (QED) is 0.244. The first-order chi connectivity index (χ1) is 18.2. The molecule has 0 bridgehead atoms. The summed E-state index contributed by atoms with van der Waals surface area (Å²) in [7, 11) is 1.52. The first-order valence-electron chi connectivity index (χ1n) is 11.4. The average Bonchev–Trinajstić information content (AvgIpc) is 3.49. The number of amides is 1. The molecule has 0 aliphatic carbocycles. The zero-order chi connectivity index (χ0) is 27.0. The molecule has 0 saturated carbocycles. The predicted molar refractivity (Wildman–Crippen MR) is 144 cm³/mol. The molecule has 2 N–H and O–H groups in total. The number of hydrogen-bond donors (Lipinski definition) is 2. The standard InChI is InChI=1S/C26H20Cl3FN6O2/c1-13-32-12-36(35-13)16-7-19(28)24(20(29)8-16)26(37)31-11-17(14-4-3-5-15(30)6-14)25-33-21-9-18(27)23(38-2)10-22(21)34-25/h3-10,12,17H,11H2,1-2H3,(H,31,37)(H,33,34). The number of aromatic amines is 1. The highest BCUT2D eigenvalue weighted by atomic mass is 35.5. The number of nitrogens with zero attached hydrogens (tertiary/aromatic N) is 4. The summed E-state index contributed by atoms with van der Waals surface area (Å²) in [6.07, 6.45) is 1.52. The maximum absolute atomic E-state index is 14.1. The monoisotopic (exact) mass is 572 g/mol. The number of fused-ring (bicyclic) bond motifs is 1. The Morgan fingerprint density at radius 1 is 1.13 bits per heavy atom. The molecule has 0 aliphatic rings. The van der Waals surface area contributed by atoms with Crippen LogP contribution in [0.5, 0.6) is 5.75 Å². The largest absolute Gasteiger partial charge is 0.495 e. The lowest BCUT2D eigenvalue weighted by molar-refractivity contribution is 0.0952. The van der Waals surface area contributed by atoms with Gasteiger partial charge in [0.25, 0.3) is 5.91 Å². The van der Waals surface area contributed by atoms with E-state index in [1.807, 2.05) is 0 Å². The summed E-state index contributed by atoms with van der Waals surface area (Å²) < 4.78 is 20.9. The third-order valence-corrected chi connectivity index (χ3v) is 6.84. The van der Waals surface area contributed by atoms with Crippen molar-refractivity contribution >= 4 is 51.7 Å². The van der Waals surface area contributed by atoms with Crippen molar-refractivity contribution in [1.82, 2.24) is 30.0 Å². The highest BCUT2D eigenvalue weighted by Crippen LogP contribution is 2.32. The predicted octanol–water partition coefficient (Wildman–Crippen LogP) is 6.12. The van der Waals surface area contributed by atoms with E-state index in [9.17, 15) is 9.18 Å². The average molecular weight is 574 g/mol. The number of imidazole rings is 1. The third-order valence-electron chi connectivity index (χ3n) is 5.95. The number of aryl methyl sites for hydroxylation is 1. The van der Waals surface area contributed by atoms with Gasteiger partial charge in [0, 0.05) is 12.6 Å². The van der Waals surface area contributed by atoms with E-state index in [0.29, 0.717) is 44.7 Å². The summed E-state index contributed by atoms with van der Waals surface area (Å²) in [6.45, 7) is 1.83. The fourth-order valence-corrected chi connectivity index (χ4v) is 5.00. The van der Waals surface area contributed by atoms with E-state index in [0.717, 1.165) is 0 Å². The number of nitrogens with one attached hydrogen (secondary N) is 2. The molecule has 1 atom stereocenters. The van der Waals surface area contributed by atoms with E-state index < -0.39 is 17.6 Å². The van der Waals surface area contributed by atoms with Gasteiger partial charge >= 0.3 is 0 Å². The minimum atomic E-state index is -0.526. The van der Waals surface area contributed by atoms with Gasteiger partial charge in [-0.25, -0.2) is 19.0 Å². The van der Waals surface area contributed by atoms with Gasteiger partial charge in [-0.3, -0.25) is 4.79 Å². The molecule has 0 radical (unpaired) electrons. The second kappa shape index (κ2) is 10.6. The summed E-state index contributed by atoms with van der Waals surface area (Å²) in [4.78, 5) is 25.2. The summed E-state index contributed by atoms with van der Waals surface area (Å²) in [5, 5.41) is 7.80. The Kier molecular flexibility index (Phi) is 7.25. The van der Waals surface area contributed by atoms with Gasteiger partial charge in [-0.15, -0.1) is 0 Å². The molecule has 1 amide bonds. The van der Waals surface area contributed by atoms with Crippen molar-refractivity contribution in [2.24, 2.45) is 0 Å². The summed E-state index contributed by atoms with van der Waals surface area (Å²) in [5.74, 6) is 0.120. The number of benzene rings is 3. The highest BCUT2D eigenvalue weighted by Gasteiger charge is 2.23. The van der Waals surface area contributed by atoms with Crippen LogP contribution in [0.15, 0.2) is 54.9 Å². The van der Waals surface area contributed by atoms with Crippen LogP contribution >= 0.6 is 34.8 Å². The maximum atomic E-state index is 14.1. The molecule has 2 heterocycles. The molecular weight excluding hydrogens is 554 g/mol. The number of H-pyrrole nitrogens is 1. The third kappa shape index (κ3) is 5.18. The molecule has 0 spiro atoms. The van der Waals surface area contributed by atoms with E-state index >= 15 is 0 Å². The maximum Gasteiger partial charge on any atom is 0.254 e. The zero-order valence-corrected chi connectivity index (χ0v) is 22.4. The van der Waals surface area contributed by atoms with Gasteiger partial charge in [0.2, 0.25) is 0 Å². The van der Waals surface area contributed by atoms with Gasteiger partial charge in [0.1, 0.15) is 29.5 Å². The number of aromatic nitrogens is 5. The van der Waals surface area contributed by atoms with Crippen molar-refractivity contribution in [3.05, 3.63) is 98.5 Å². The molecule has 2 aromatic heterocycles. The lowest BCUT2D eigenvalue weighted by atomic mass is 9.98. The lowest BCUT2D eigenvalue weighted by Crippen LogP contribution is -2.30. The number of carbonyl (C=O) groups excluding carboxylic acids is 1. The molecule has 5 rings (SSSR count). The molecule has 0 saturated heterocycles. The van der Waals surface area contributed by atoms with Crippen LogP contribution in [-0.4, -0.2) is 44.3 Å². The van der Waals surface area contributed by atoms with Crippen molar-refractivity contribution in [3.8, 4) is 11.4 Å². The number of halogens is 4. The van der Waals surface area contributed by atoms with E-state index in [1.54, 1.807) is 43.3 Å². The molecule has 38 heavy (non-hydrogen) atoms. The van der Waals surface area contributed by atoms with Crippen molar-refractivity contribution in [2.75, 3.05) is 13.7 Å². The fourth-order valence-electron chi connectivity index (χ4n) is 4.11. The first kappa shape index (κ1) is 26.0. The smallest absolute Gasteiger partial charge is 0.254 e. The lowest BCUT2D eigenvalue weighted by Gasteiger charge is -2.17. The molecule has 1 unspecified atom stereocenters. The normalized spacial score (nSPS) is 12.1. The Hall–Kier alpha value is -3.66. The Morgan fingerprint density at radius 2 is 1.89 bits per heavy atom. The van der Waals surface area contributed by atoms with Gasteiger partial charge in [0.05, 0.1) is 50.4 Å². The zero-order valence-electron chi connectivity index (χ0n) is 20.1. The van der Waals surface area contributed by atoms with E-state index in [-0.39, 0.29) is 22.2 Å². The molecule has 3 aromatic carbocycles. The topological polar surface area (TPSA) is 97.7 Å². The van der Waals surface area contributed by atoms with Crippen LogP contribution in [0.1, 0.15) is 33.5 Å². The number of carbonyl (C=O) groups is 1. The van der Waals surface area contributed by atoms with Gasteiger partial charge in [-0.1, -0.05) is 46.9 Å². The van der Waals surface area contributed by atoms with Crippen LogP contribution in [-0.2, 0) is 0 Å². The molecule has 0 aliphatic heterocycles. The number of hydrogen-bond acceptors (Lipinski definition) is 5. The van der Waals surface area contributed by atoms with Crippen LogP contribution in [0.25, 0.3) is 16.7 Å². The first-order valence-corrected chi connectivity index (χ1v) is 12.5. The SMILES string of the molecule is COc1cc2nc(C(CNC(=O)c3c(Cl)cc(-n4cnc(C)n4)cc3Cl)c3cccc(F)c3)[nH]c2cc1Cl. The highest BCUT2D eigenvalue weighted by molar-refractivity contribution is 6.40. The molecule has 8 nitrogen and oxygen atoms in total. The van der Waals surface area contributed by atoms with Crippen LogP contribution in [0.3, 0.4) is 0 Å². The Bertz CT molecular complexity index is 1650. The van der Waals surface area contributed by atoms with Gasteiger partial charge in [0.15, 0.2) is 0 Å². The minimum absolute atomic E-state index is 0.0731. The fraction of sp³-hybridized carbons (Fsp3) is 0.154. The Labute approximate surface area is 231 Å². The van der Waals surface area contributed by atoms with Gasteiger partial charge in [-0.05, 0) is 42.8 Å². The van der Waals surface area contributed by atoms with E-state index in [2.05, 4.69) is 25.4 Å². The molecule has 0 fully saturated rings. The number of rotatable bonds is 7. The van der Waals surface area contributed by atoms with Crippen LogP contribution in [0.2, 0.25) is 15.1 Å².